The number of nitrogens with one attached hydrogen (secondary N) is 1. The molecule has 1 aromatic rings. The van der Waals surface area contributed by atoms with Crippen molar-refractivity contribution in [3.05, 3.63) is 29.8 Å². The molecule has 0 radical (unpaired) electrons. The van der Waals surface area contributed by atoms with Crippen LogP contribution in [0.25, 0.3) is 6.08 Å². The van der Waals surface area contributed by atoms with Crippen LogP contribution in [0.4, 0.5) is 0 Å². The van der Waals surface area contributed by atoms with Crippen LogP contribution in [-0.4, -0.2) is 38.7 Å². The first-order valence-electron chi connectivity index (χ1n) is 8.89. The first-order chi connectivity index (χ1) is 12.5. The van der Waals surface area contributed by atoms with E-state index in [1.54, 1.807) is 38.5 Å². The molecule has 142 valence electrons. The molecule has 1 aliphatic rings. The van der Waals surface area contributed by atoms with Gasteiger partial charge in [-0.1, -0.05) is 25.8 Å². The molecule has 1 amide bonds. The van der Waals surface area contributed by atoms with Gasteiger partial charge in [-0.2, -0.15) is 0 Å². The number of esters is 1. The maximum atomic E-state index is 11.9. The highest BCUT2D eigenvalue weighted by Crippen LogP contribution is 2.28. The Hall–Kier alpha value is -2.50. The number of amides is 1. The standard InChI is InChI=1S/C20H27NO5/c1-14-6-4-5-7-16(14)21-19(22)13-26-20(23)11-9-15-8-10-17(24-2)18(12-15)25-3/h8-12,14,16H,4-7,13H2,1-3H3,(H,21,22)/b11-9+/t14-,16+/m1/s1. The molecular formula is C20H27NO5. The quantitative estimate of drug-likeness (QED) is 0.597. The Morgan fingerprint density at radius 3 is 2.58 bits per heavy atom. The van der Waals surface area contributed by atoms with E-state index in [9.17, 15) is 9.59 Å². The van der Waals surface area contributed by atoms with E-state index >= 15 is 0 Å². The molecule has 1 aromatic carbocycles. The number of methoxy groups -OCH3 is 2. The van der Waals surface area contributed by atoms with Crippen molar-refractivity contribution >= 4 is 18.0 Å². The Balaban J connectivity index is 1.80. The van der Waals surface area contributed by atoms with E-state index in [4.69, 9.17) is 14.2 Å². The number of hydrogen-bond acceptors (Lipinski definition) is 5. The second kappa shape index (κ2) is 9.85. The second-order valence-corrected chi connectivity index (χ2v) is 6.49. The molecule has 0 saturated heterocycles. The van der Waals surface area contributed by atoms with Crippen LogP contribution in [0.3, 0.4) is 0 Å². The van der Waals surface area contributed by atoms with Gasteiger partial charge in [0.05, 0.1) is 14.2 Å². The lowest BCUT2D eigenvalue weighted by Crippen LogP contribution is -2.42. The van der Waals surface area contributed by atoms with E-state index in [0.29, 0.717) is 17.4 Å². The van der Waals surface area contributed by atoms with Crippen LogP contribution < -0.4 is 14.8 Å². The summed E-state index contributed by atoms with van der Waals surface area (Å²) in [5.41, 5.74) is 0.764. The van der Waals surface area contributed by atoms with Gasteiger partial charge in [0, 0.05) is 12.1 Å². The van der Waals surface area contributed by atoms with Gasteiger partial charge in [-0.05, 0) is 42.5 Å². The Morgan fingerprint density at radius 2 is 1.88 bits per heavy atom. The number of ether oxygens (including phenoxy) is 3. The predicted molar refractivity (Wildman–Crippen MR) is 99.1 cm³/mol. The van der Waals surface area contributed by atoms with E-state index in [1.807, 2.05) is 0 Å². The number of carbonyl (C=O) groups is 2. The maximum absolute atomic E-state index is 11.9. The Kier molecular flexibility index (Phi) is 7.51. The zero-order valence-electron chi connectivity index (χ0n) is 15.6. The lowest BCUT2D eigenvalue weighted by atomic mass is 9.86. The van der Waals surface area contributed by atoms with Gasteiger partial charge >= 0.3 is 5.97 Å². The molecule has 2 atom stereocenters. The van der Waals surface area contributed by atoms with Crippen LogP contribution in [0.2, 0.25) is 0 Å². The lowest BCUT2D eigenvalue weighted by Gasteiger charge is -2.29. The minimum Gasteiger partial charge on any atom is -0.493 e. The van der Waals surface area contributed by atoms with E-state index < -0.39 is 5.97 Å². The van der Waals surface area contributed by atoms with Gasteiger partial charge in [0.1, 0.15) is 0 Å². The monoisotopic (exact) mass is 361 g/mol. The molecule has 6 heteroatoms. The van der Waals surface area contributed by atoms with Crippen LogP contribution in [-0.2, 0) is 14.3 Å². The van der Waals surface area contributed by atoms with Crippen LogP contribution in [0.15, 0.2) is 24.3 Å². The van der Waals surface area contributed by atoms with Gasteiger partial charge in [0.25, 0.3) is 5.91 Å². The first kappa shape index (κ1) is 19.8. The topological polar surface area (TPSA) is 73.9 Å². The molecule has 26 heavy (non-hydrogen) atoms. The van der Waals surface area contributed by atoms with Crippen LogP contribution in [0, 0.1) is 5.92 Å². The Labute approximate surface area is 154 Å². The third-order valence-electron chi connectivity index (χ3n) is 4.62. The first-order valence-corrected chi connectivity index (χ1v) is 8.89. The summed E-state index contributed by atoms with van der Waals surface area (Å²) in [5.74, 6) is 0.835. The predicted octanol–water partition coefficient (Wildman–Crippen LogP) is 2.96. The minimum absolute atomic E-state index is 0.178. The van der Waals surface area contributed by atoms with Crippen molar-refractivity contribution in [3.8, 4) is 11.5 Å². The molecule has 0 heterocycles. The molecule has 1 N–H and O–H groups in total. The molecule has 6 nitrogen and oxygen atoms in total. The largest absolute Gasteiger partial charge is 0.493 e. The molecule has 1 saturated carbocycles. The van der Waals surface area contributed by atoms with Gasteiger partial charge in [0.2, 0.25) is 0 Å². The van der Waals surface area contributed by atoms with Crippen molar-refractivity contribution in [1.29, 1.82) is 0 Å². The van der Waals surface area contributed by atoms with Crippen molar-refractivity contribution in [3.63, 3.8) is 0 Å². The molecular weight excluding hydrogens is 334 g/mol. The summed E-state index contributed by atoms with van der Waals surface area (Å²) in [4.78, 5) is 23.8. The number of hydrogen-bond donors (Lipinski definition) is 1. The third-order valence-corrected chi connectivity index (χ3v) is 4.62. The van der Waals surface area contributed by atoms with Gasteiger partial charge in [-0.3, -0.25) is 4.79 Å². The summed E-state index contributed by atoms with van der Waals surface area (Å²) >= 11 is 0. The summed E-state index contributed by atoms with van der Waals surface area (Å²) in [5, 5.41) is 2.95. The lowest BCUT2D eigenvalue weighted by molar-refractivity contribution is -0.144. The molecule has 2 rings (SSSR count). The van der Waals surface area contributed by atoms with Crippen LogP contribution in [0.5, 0.6) is 11.5 Å². The minimum atomic E-state index is -0.563. The average molecular weight is 361 g/mol. The zero-order valence-corrected chi connectivity index (χ0v) is 15.6. The van der Waals surface area contributed by atoms with Crippen molar-refractivity contribution in [2.75, 3.05) is 20.8 Å². The number of rotatable bonds is 7. The van der Waals surface area contributed by atoms with Crippen LogP contribution >= 0.6 is 0 Å². The third kappa shape index (κ3) is 5.79. The molecule has 0 spiro atoms. The van der Waals surface area contributed by atoms with E-state index in [-0.39, 0.29) is 18.6 Å². The summed E-state index contributed by atoms with van der Waals surface area (Å²) < 4.78 is 15.4. The highest BCUT2D eigenvalue weighted by atomic mass is 16.5. The maximum Gasteiger partial charge on any atom is 0.331 e. The SMILES string of the molecule is COc1ccc(/C=C/C(=O)OCC(=O)N[C@H]2CCCC[C@H]2C)cc1OC. The number of carbonyl (C=O) groups excluding carboxylic acids is 2. The number of benzene rings is 1. The highest BCUT2D eigenvalue weighted by Gasteiger charge is 2.22. The second-order valence-electron chi connectivity index (χ2n) is 6.49. The Bertz CT molecular complexity index is 656. The molecule has 1 aliphatic carbocycles. The van der Waals surface area contributed by atoms with Gasteiger partial charge < -0.3 is 19.5 Å². The van der Waals surface area contributed by atoms with Crippen molar-refractivity contribution in [1.82, 2.24) is 5.32 Å². The van der Waals surface area contributed by atoms with Gasteiger partial charge in [-0.25, -0.2) is 4.79 Å². The fourth-order valence-electron chi connectivity index (χ4n) is 3.08. The van der Waals surface area contributed by atoms with Crippen molar-refractivity contribution < 1.29 is 23.8 Å². The molecule has 0 unspecified atom stereocenters. The fraction of sp³-hybridized carbons (Fsp3) is 0.500. The van der Waals surface area contributed by atoms with Gasteiger partial charge in [0.15, 0.2) is 18.1 Å². The normalized spacial score (nSPS) is 19.8. The smallest absolute Gasteiger partial charge is 0.331 e. The van der Waals surface area contributed by atoms with E-state index in [2.05, 4.69) is 12.2 Å². The van der Waals surface area contributed by atoms with Crippen molar-refractivity contribution in [2.24, 2.45) is 5.92 Å². The van der Waals surface area contributed by atoms with Crippen LogP contribution in [0.1, 0.15) is 38.2 Å². The fourth-order valence-corrected chi connectivity index (χ4v) is 3.08. The molecule has 0 aliphatic heterocycles. The summed E-state index contributed by atoms with van der Waals surface area (Å²) in [6.07, 6.45) is 7.34. The summed E-state index contributed by atoms with van der Waals surface area (Å²) in [6, 6.07) is 5.47. The summed E-state index contributed by atoms with van der Waals surface area (Å²) in [6.45, 7) is 1.88. The Morgan fingerprint density at radius 1 is 1.15 bits per heavy atom. The molecule has 0 bridgehead atoms. The molecule has 0 aromatic heterocycles. The van der Waals surface area contributed by atoms with Crippen molar-refractivity contribution in [2.45, 2.75) is 38.6 Å². The molecule has 1 fully saturated rings. The van der Waals surface area contributed by atoms with E-state index in [1.165, 1.54) is 12.5 Å². The summed E-state index contributed by atoms with van der Waals surface area (Å²) in [7, 11) is 3.11. The average Bonchev–Trinajstić information content (AvgIpc) is 2.66. The van der Waals surface area contributed by atoms with E-state index in [0.717, 1.165) is 24.8 Å². The van der Waals surface area contributed by atoms with Gasteiger partial charge in [-0.15, -0.1) is 0 Å². The zero-order chi connectivity index (χ0) is 18.9. The highest BCUT2D eigenvalue weighted by molar-refractivity contribution is 5.89.